The highest BCUT2D eigenvalue weighted by Gasteiger charge is 2.28. The van der Waals surface area contributed by atoms with Gasteiger partial charge in [0.25, 0.3) is 0 Å². The van der Waals surface area contributed by atoms with Crippen molar-refractivity contribution >= 4 is 5.91 Å². The Morgan fingerprint density at radius 3 is 2.69 bits per heavy atom. The standard InChI is InChI=1S/C22H23FN4O2/c1-14-11-20(29-26-14)18-13-24-15(2)25-22(18)16-7-9-27(10-8-16)21(28)12-17-5-3-4-6-19(17)23/h3-6,11,13,16H,7-10,12H2,1-2H3. The van der Waals surface area contributed by atoms with Crippen LogP contribution in [0.2, 0.25) is 0 Å². The average Bonchev–Trinajstić information content (AvgIpc) is 3.16. The molecule has 0 atom stereocenters. The van der Waals surface area contributed by atoms with E-state index in [1.54, 1.807) is 24.4 Å². The largest absolute Gasteiger partial charge is 0.356 e. The summed E-state index contributed by atoms with van der Waals surface area (Å²) in [7, 11) is 0. The molecule has 3 aromatic rings. The number of amides is 1. The van der Waals surface area contributed by atoms with Crippen LogP contribution in [0.4, 0.5) is 4.39 Å². The van der Waals surface area contributed by atoms with Gasteiger partial charge < -0.3 is 9.42 Å². The number of aryl methyl sites for hydroxylation is 2. The highest BCUT2D eigenvalue weighted by molar-refractivity contribution is 5.79. The zero-order valence-corrected chi connectivity index (χ0v) is 16.6. The molecule has 150 valence electrons. The smallest absolute Gasteiger partial charge is 0.227 e. The molecule has 1 fully saturated rings. The summed E-state index contributed by atoms with van der Waals surface area (Å²) >= 11 is 0. The van der Waals surface area contributed by atoms with Crippen LogP contribution in [-0.2, 0) is 11.2 Å². The second-order valence-electron chi connectivity index (χ2n) is 7.47. The van der Waals surface area contributed by atoms with Crippen LogP contribution in [0.1, 0.15) is 41.5 Å². The summed E-state index contributed by atoms with van der Waals surface area (Å²) in [5.74, 6) is 1.20. The number of rotatable bonds is 4. The van der Waals surface area contributed by atoms with Gasteiger partial charge in [-0.15, -0.1) is 0 Å². The van der Waals surface area contributed by atoms with Crippen molar-refractivity contribution in [2.45, 2.75) is 39.0 Å². The molecule has 6 nitrogen and oxygen atoms in total. The highest BCUT2D eigenvalue weighted by Crippen LogP contribution is 2.34. The maximum absolute atomic E-state index is 13.8. The molecule has 0 aliphatic carbocycles. The molecule has 0 radical (unpaired) electrons. The Morgan fingerprint density at radius 2 is 2.00 bits per heavy atom. The first-order chi connectivity index (χ1) is 14.0. The zero-order valence-electron chi connectivity index (χ0n) is 16.6. The minimum atomic E-state index is -0.334. The number of hydrogen-bond acceptors (Lipinski definition) is 5. The Bertz CT molecular complexity index is 1030. The summed E-state index contributed by atoms with van der Waals surface area (Å²) in [6, 6.07) is 8.31. The molecule has 0 spiro atoms. The van der Waals surface area contributed by atoms with Crippen LogP contribution < -0.4 is 0 Å². The third-order valence-electron chi connectivity index (χ3n) is 5.37. The minimum absolute atomic E-state index is 0.0431. The molecule has 1 aliphatic rings. The molecule has 7 heteroatoms. The van der Waals surface area contributed by atoms with Crippen molar-refractivity contribution in [1.29, 1.82) is 0 Å². The highest BCUT2D eigenvalue weighted by atomic mass is 19.1. The number of piperidine rings is 1. The molecule has 1 saturated heterocycles. The van der Waals surface area contributed by atoms with Crippen LogP contribution in [0, 0.1) is 19.7 Å². The Balaban J connectivity index is 1.47. The molecule has 0 unspecified atom stereocenters. The third-order valence-corrected chi connectivity index (χ3v) is 5.37. The maximum atomic E-state index is 13.8. The predicted octanol–water partition coefficient (Wildman–Crippen LogP) is 3.84. The summed E-state index contributed by atoms with van der Waals surface area (Å²) in [6.45, 7) is 4.99. The number of nitrogens with zero attached hydrogens (tertiary/aromatic N) is 4. The fourth-order valence-electron chi connectivity index (χ4n) is 3.80. The topological polar surface area (TPSA) is 72.1 Å². The van der Waals surface area contributed by atoms with E-state index in [0.29, 0.717) is 30.2 Å². The molecule has 0 N–H and O–H groups in total. The van der Waals surface area contributed by atoms with E-state index in [1.165, 1.54) is 6.07 Å². The van der Waals surface area contributed by atoms with E-state index in [-0.39, 0.29) is 24.1 Å². The monoisotopic (exact) mass is 394 g/mol. The van der Waals surface area contributed by atoms with E-state index in [9.17, 15) is 9.18 Å². The summed E-state index contributed by atoms with van der Waals surface area (Å²) in [5, 5.41) is 3.97. The van der Waals surface area contributed by atoms with Gasteiger partial charge in [-0.1, -0.05) is 23.4 Å². The number of halogens is 1. The number of hydrogen-bond donors (Lipinski definition) is 0. The molecule has 0 saturated carbocycles. The van der Waals surface area contributed by atoms with E-state index in [1.807, 2.05) is 24.8 Å². The van der Waals surface area contributed by atoms with Crippen molar-refractivity contribution in [2.24, 2.45) is 0 Å². The summed E-state index contributed by atoms with van der Waals surface area (Å²) < 4.78 is 19.3. The zero-order chi connectivity index (χ0) is 20.4. The van der Waals surface area contributed by atoms with Gasteiger partial charge in [0, 0.05) is 31.3 Å². The molecule has 1 aromatic carbocycles. The molecular weight excluding hydrogens is 371 g/mol. The molecule has 2 aromatic heterocycles. The van der Waals surface area contributed by atoms with Gasteiger partial charge in [0.2, 0.25) is 5.91 Å². The average molecular weight is 394 g/mol. The lowest BCUT2D eigenvalue weighted by Gasteiger charge is -2.32. The predicted molar refractivity (Wildman–Crippen MR) is 106 cm³/mol. The summed E-state index contributed by atoms with van der Waals surface area (Å²) in [5.41, 5.74) is 3.04. The normalized spacial score (nSPS) is 14.9. The molecular formula is C22H23FN4O2. The summed E-state index contributed by atoms with van der Waals surface area (Å²) in [6.07, 6.45) is 3.46. The van der Waals surface area contributed by atoms with Crippen molar-refractivity contribution in [3.8, 4) is 11.3 Å². The minimum Gasteiger partial charge on any atom is -0.356 e. The Hall–Kier alpha value is -3.09. The number of carbonyl (C=O) groups is 1. The first-order valence-electron chi connectivity index (χ1n) is 9.79. The van der Waals surface area contributed by atoms with Crippen LogP contribution in [-0.4, -0.2) is 39.0 Å². The lowest BCUT2D eigenvalue weighted by Crippen LogP contribution is -2.39. The first-order valence-corrected chi connectivity index (χ1v) is 9.79. The molecule has 3 heterocycles. The van der Waals surface area contributed by atoms with E-state index in [0.717, 1.165) is 29.8 Å². The van der Waals surface area contributed by atoms with Crippen molar-refractivity contribution in [2.75, 3.05) is 13.1 Å². The van der Waals surface area contributed by atoms with Gasteiger partial charge >= 0.3 is 0 Å². The van der Waals surface area contributed by atoms with Gasteiger partial charge in [-0.05, 0) is 38.3 Å². The van der Waals surface area contributed by atoms with Crippen LogP contribution >= 0.6 is 0 Å². The van der Waals surface area contributed by atoms with E-state index >= 15 is 0 Å². The second kappa shape index (κ2) is 8.11. The number of aromatic nitrogens is 3. The third kappa shape index (κ3) is 4.18. The SMILES string of the molecule is Cc1cc(-c2cnc(C)nc2C2CCN(C(=O)Cc3ccccc3F)CC2)on1. The van der Waals surface area contributed by atoms with Crippen molar-refractivity contribution in [3.05, 3.63) is 65.1 Å². The van der Waals surface area contributed by atoms with Crippen LogP contribution in [0.5, 0.6) is 0 Å². The Morgan fingerprint density at radius 1 is 1.24 bits per heavy atom. The van der Waals surface area contributed by atoms with Gasteiger partial charge in [0.05, 0.1) is 23.4 Å². The van der Waals surface area contributed by atoms with Gasteiger partial charge in [-0.3, -0.25) is 4.79 Å². The van der Waals surface area contributed by atoms with Crippen LogP contribution in [0.3, 0.4) is 0 Å². The number of benzene rings is 1. The Labute approximate surface area is 168 Å². The summed E-state index contributed by atoms with van der Waals surface area (Å²) in [4.78, 5) is 23.4. The van der Waals surface area contributed by atoms with Crippen molar-refractivity contribution < 1.29 is 13.7 Å². The van der Waals surface area contributed by atoms with Crippen LogP contribution in [0.15, 0.2) is 41.1 Å². The second-order valence-corrected chi connectivity index (χ2v) is 7.47. The number of carbonyl (C=O) groups excluding carboxylic acids is 1. The number of likely N-dealkylation sites (tertiary alicyclic amines) is 1. The van der Waals surface area contributed by atoms with Crippen molar-refractivity contribution in [1.82, 2.24) is 20.0 Å². The lowest BCUT2D eigenvalue weighted by molar-refractivity contribution is -0.131. The van der Waals surface area contributed by atoms with E-state index in [2.05, 4.69) is 15.1 Å². The molecule has 1 amide bonds. The Kier molecular flexibility index (Phi) is 5.38. The molecule has 1 aliphatic heterocycles. The molecule has 4 rings (SSSR count). The van der Waals surface area contributed by atoms with Gasteiger partial charge in [0.15, 0.2) is 5.76 Å². The quantitative estimate of drug-likeness (QED) is 0.672. The molecule has 29 heavy (non-hydrogen) atoms. The van der Waals surface area contributed by atoms with E-state index < -0.39 is 0 Å². The van der Waals surface area contributed by atoms with Crippen LogP contribution in [0.25, 0.3) is 11.3 Å². The fourth-order valence-corrected chi connectivity index (χ4v) is 3.80. The van der Waals surface area contributed by atoms with E-state index in [4.69, 9.17) is 4.52 Å². The van der Waals surface area contributed by atoms with Gasteiger partial charge in [-0.2, -0.15) is 0 Å². The lowest BCUT2D eigenvalue weighted by atomic mass is 9.90. The first kappa shape index (κ1) is 19.2. The van der Waals surface area contributed by atoms with Gasteiger partial charge in [0.1, 0.15) is 11.6 Å². The van der Waals surface area contributed by atoms with Crippen molar-refractivity contribution in [3.63, 3.8) is 0 Å². The molecule has 0 bridgehead atoms. The maximum Gasteiger partial charge on any atom is 0.227 e. The van der Waals surface area contributed by atoms with Gasteiger partial charge in [-0.25, -0.2) is 14.4 Å². The fraction of sp³-hybridized carbons (Fsp3) is 0.364.